The Morgan fingerprint density at radius 3 is 2.27 bits per heavy atom. The molecule has 0 spiro atoms. The zero-order valence-electron chi connectivity index (χ0n) is 21.7. The second-order valence-electron chi connectivity index (χ2n) is 10.8. The van der Waals surface area contributed by atoms with Gasteiger partial charge in [0.25, 0.3) is 0 Å². The second kappa shape index (κ2) is 10.8. The van der Waals surface area contributed by atoms with Crippen molar-refractivity contribution in [3.05, 3.63) is 64.2 Å². The van der Waals surface area contributed by atoms with E-state index in [0.717, 1.165) is 12.3 Å². The van der Waals surface area contributed by atoms with Gasteiger partial charge in [0.05, 0.1) is 30.4 Å². The molecular formula is C31H36F4O2. The first kappa shape index (κ1) is 26.3. The summed E-state index contributed by atoms with van der Waals surface area (Å²) in [5, 5.41) is 0. The number of aryl methyl sites for hydroxylation is 1. The van der Waals surface area contributed by atoms with E-state index in [1.165, 1.54) is 62.3 Å². The van der Waals surface area contributed by atoms with E-state index in [9.17, 15) is 4.39 Å². The molecular weight excluding hydrogens is 480 g/mol. The number of fused-ring (bicyclic) bond motifs is 3. The Balaban J connectivity index is 1.25. The van der Waals surface area contributed by atoms with Crippen LogP contribution in [0.4, 0.5) is 17.6 Å². The Kier molecular flexibility index (Phi) is 7.67. The summed E-state index contributed by atoms with van der Waals surface area (Å²) in [6.07, 6.45) is 11.5. The van der Waals surface area contributed by atoms with Crippen molar-refractivity contribution in [1.29, 1.82) is 0 Å². The lowest BCUT2D eigenvalue weighted by Gasteiger charge is -2.33. The van der Waals surface area contributed by atoms with E-state index in [-0.39, 0.29) is 41.6 Å². The molecule has 6 heteroatoms. The molecule has 2 aromatic carbocycles. The highest BCUT2D eigenvalue weighted by molar-refractivity contribution is 5.81. The van der Waals surface area contributed by atoms with E-state index >= 15 is 13.2 Å². The second-order valence-corrected chi connectivity index (χ2v) is 10.8. The number of hydrogen-bond donors (Lipinski definition) is 0. The molecule has 0 bridgehead atoms. The molecule has 1 saturated carbocycles. The summed E-state index contributed by atoms with van der Waals surface area (Å²) in [4.78, 5) is 0. The van der Waals surface area contributed by atoms with Crippen molar-refractivity contribution in [1.82, 2.24) is 0 Å². The lowest BCUT2D eigenvalue weighted by Crippen LogP contribution is -2.25. The third-order valence-electron chi connectivity index (χ3n) is 8.48. The van der Waals surface area contributed by atoms with Crippen LogP contribution >= 0.6 is 0 Å². The molecule has 2 aromatic rings. The van der Waals surface area contributed by atoms with Gasteiger partial charge < -0.3 is 9.47 Å². The Bertz CT molecular complexity index is 1160. The third kappa shape index (κ3) is 4.94. The van der Waals surface area contributed by atoms with Crippen LogP contribution in [0.25, 0.3) is 11.1 Å². The Morgan fingerprint density at radius 2 is 1.62 bits per heavy atom. The average molecular weight is 517 g/mol. The molecule has 200 valence electrons. The van der Waals surface area contributed by atoms with Crippen LogP contribution in [-0.4, -0.2) is 19.3 Å². The summed E-state index contributed by atoms with van der Waals surface area (Å²) in [6, 6.07) is 5.75. The molecule has 1 atom stereocenters. The topological polar surface area (TPSA) is 18.5 Å². The normalized spacial score (nSPS) is 24.4. The molecule has 0 radical (unpaired) electrons. The molecule has 0 N–H and O–H groups in total. The molecule has 0 amide bonds. The van der Waals surface area contributed by atoms with Crippen molar-refractivity contribution in [3.63, 3.8) is 0 Å². The molecule has 2 aliphatic carbocycles. The van der Waals surface area contributed by atoms with Gasteiger partial charge in [-0.15, -0.1) is 0 Å². The Hall–Kier alpha value is -2.34. The fourth-order valence-electron chi connectivity index (χ4n) is 6.48. The van der Waals surface area contributed by atoms with Gasteiger partial charge in [0.2, 0.25) is 0 Å². The van der Waals surface area contributed by atoms with Crippen molar-refractivity contribution >= 4 is 0 Å². The number of alkyl halides is 2. The zero-order chi connectivity index (χ0) is 26.2. The minimum absolute atomic E-state index is 0.0170. The maximum absolute atomic E-state index is 15.5. The first-order valence-electron chi connectivity index (χ1n) is 13.8. The van der Waals surface area contributed by atoms with Crippen molar-refractivity contribution in [2.45, 2.75) is 83.7 Å². The number of halogens is 4. The summed E-state index contributed by atoms with van der Waals surface area (Å²) in [6.45, 7) is 4.65. The summed E-state index contributed by atoms with van der Waals surface area (Å²) in [5.74, 6) is -4.62. The molecule has 1 unspecified atom stereocenters. The average Bonchev–Trinajstić information content (AvgIpc) is 3.14. The molecule has 0 aromatic heterocycles. The van der Waals surface area contributed by atoms with Crippen LogP contribution in [-0.2, 0) is 17.1 Å². The lowest BCUT2D eigenvalue weighted by atomic mass is 9.76. The maximum atomic E-state index is 15.5. The van der Waals surface area contributed by atoms with E-state index in [1.807, 2.05) is 0 Å². The first-order chi connectivity index (χ1) is 17.8. The van der Waals surface area contributed by atoms with Crippen LogP contribution < -0.4 is 4.74 Å². The predicted octanol–water partition coefficient (Wildman–Crippen LogP) is 8.74. The van der Waals surface area contributed by atoms with E-state index < -0.39 is 28.7 Å². The molecule has 5 rings (SSSR count). The first-order valence-corrected chi connectivity index (χ1v) is 13.8. The van der Waals surface area contributed by atoms with Crippen molar-refractivity contribution in [2.75, 3.05) is 13.2 Å². The van der Waals surface area contributed by atoms with Crippen molar-refractivity contribution < 1.29 is 27.0 Å². The monoisotopic (exact) mass is 516 g/mol. The Labute approximate surface area is 217 Å². The molecule has 1 heterocycles. The fraction of sp³-hybridized carbons (Fsp3) is 0.548. The van der Waals surface area contributed by atoms with Gasteiger partial charge in [-0.05, 0) is 98.1 Å². The summed E-state index contributed by atoms with van der Waals surface area (Å²) < 4.78 is 72.4. The minimum Gasteiger partial charge on any atom is -0.491 e. The van der Waals surface area contributed by atoms with Crippen LogP contribution in [0.15, 0.2) is 35.9 Å². The van der Waals surface area contributed by atoms with Gasteiger partial charge in [0.15, 0.2) is 11.6 Å². The standard InChI is InChI=1S/C31H36F4O2/c1-3-5-19-6-8-20(9-7-19)22-11-14-23(37-18-22)13-10-21-12-15-24-25-16-17-26(36-4-2)30(33)28(25)31(34,35)27(24)29(21)32/h11-12,15-17,19-20,23H,3-10,13-14,18H2,1-2H3. The van der Waals surface area contributed by atoms with Gasteiger partial charge in [0, 0.05) is 0 Å². The van der Waals surface area contributed by atoms with Gasteiger partial charge in [-0.3, -0.25) is 0 Å². The van der Waals surface area contributed by atoms with Crippen LogP contribution in [0.1, 0.15) is 81.9 Å². The van der Waals surface area contributed by atoms with E-state index in [0.29, 0.717) is 18.9 Å². The van der Waals surface area contributed by atoms with Crippen LogP contribution in [0.2, 0.25) is 0 Å². The number of hydrogen-bond acceptors (Lipinski definition) is 2. The maximum Gasteiger partial charge on any atom is 0.305 e. The van der Waals surface area contributed by atoms with E-state index in [1.54, 1.807) is 13.0 Å². The summed E-state index contributed by atoms with van der Waals surface area (Å²) in [7, 11) is 0. The van der Waals surface area contributed by atoms with Gasteiger partial charge in [-0.25, -0.2) is 8.78 Å². The van der Waals surface area contributed by atoms with Gasteiger partial charge >= 0.3 is 5.92 Å². The Morgan fingerprint density at radius 1 is 0.919 bits per heavy atom. The number of rotatable bonds is 8. The number of benzene rings is 2. The quantitative estimate of drug-likeness (QED) is 0.258. The lowest BCUT2D eigenvalue weighted by molar-refractivity contribution is 0.0394. The minimum atomic E-state index is -3.77. The van der Waals surface area contributed by atoms with Gasteiger partial charge in [-0.1, -0.05) is 38.0 Å². The van der Waals surface area contributed by atoms with Crippen LogP contribution in [0.5, 0.6) is 5.75 Å². The molecule has 1 aliphatic heterocycles. The number of ether oxygens (including phenoxy) is 2. The molecule has 1 fully saturated rings. The highest BCUT2D eigenvalue weighted by Gasteiger charge is 2.50. The molecule has 0 saturated heterocycles. The summed E-state index contributed by atoms with van der Waals surface area (Å²) >= 11 is 0. The van der Waals surface area contributed by atoms with Crippen LogP contribution in [0, 0.1) is 23.5 Å². The molecule has 3 aliphatic rings. The van der Waals surface area contributed by atoms with Gasteiger partial charge in [0.1, 0.15) is 5.82 Å². The van der Waals surface area contributed by atoms with Crippen molar-refractivity contribution in [2.24, 2.45) is 11.8 Å². The smallest absolute Gasteiger partial charge is 0.305 e. The zero-order valence-corrected chi connectivity index (χ0v) is 21.7. The third-order valence-corrected chi connectivity index (χ3v) is 8.48. The van der Waals surface area contributed by atoms with Crippen LogP contribution in [0.3, 0.4) is 0 Å². The van der Waals surface area contributed by atoms with E-state index in [2.05, 4.69) is 13.0 Å². The SMILES string of the molecule is CCCC1CCC(C2=CCC(CCc3ccc4c(c3F)C(F)(F)c3c-4ccc(OCC)c3F)OC2)CC1. The molecule has 2 nitrogen and oxygen atoms in total. The van der Waals surface area contributed by atoms with E-state index in [4.69, 9.17) is 9.47 Å². The predicted molar refractivity (Wildman–Crippen MR) is 137 cm³/mol. The molecule has 37 heavy (non-hydrogen) atoms. The highest BCUT2D eigenvalue weighted by atomic mass is 19.3. The van der Waals surface area contributed by atoms with Crippen molar-refractivity contribution in [3.8, 4) is 16.9 Å². The van der Waals surface area contributed by atoms with Gasteiger partial charge in [-0.2, -0.15) is 8.78 Å². The summed E-state index contributed by atoms with van der Waals surface area (Å²) in [5.41, 5.74) is 0.117. The largest absolute Gasteiger partial charge is 0.491 e. The highest BCUT2D eigenvalue weighted by Crippen LogP contribution is 2.54. The fourth-order valence-corrected chi connectivity index (χ4v) is 6.48.